The molecule has 0 heterocycles. The van der Waals surface area contributed by atoms with Gasteiger partial charge in [0.2, 0.25) is 0 Å². The molecule has 3 aromatic rings. The molecule has 0 bridgehead atoms. The maximum atomic E-state index is 12.9. The van der Waals surface area contributed by atoms with Gasteiger partial charge in [-0.3, -0.25) is 4.79 Å². The smallest absolute Gasteiger partial charge is 0.263 e. The third-order valence-corrected chi connectivity index (χ3v) is 5.49. The molecule has 0 radical (unpaired) electrons. The number of thioether (sulfide) groups is 1. The maximum Gasteiger partial charge on any atom is 0.263 e. The SMILES string of the molecule is COc1cccc(OC)c1C(=O)Nc1ccccc1SCc1ccc(Cl)cc1. The van der Waals surface area contributed by atoms with Crippen LogP contribution in [0.25, 0.3) is 0 Å². The summed E-state index contributed by atoms with van der Waals surface area (Å²) in [6.45, 7) is 0. The van der Waals surface area contributed by atoms with Crippen molar-refractivity contribution in [3.05, 3.63) is 82.9 Å². The summed E-state index contributed by atoms with van der Waals surface area (Å²) in [7, 11) is 3.06. The van der Waals surface area contributed by atoms with E-state index in [1.807, 2.05) is 48.5 Å². The molecule has 1 N–H and O–H groups in total. The van der Waals surface area contributed by atoms with Crippen LogP contribution in [0.4, 0.5) is 5.69 Å². The normalized spacial score (nSPS) is 10.4. The molecule has 0 spiro atoms. The quantitative estimate of drug-likeness (QED) is 0.490. The lowest BCUT2D eigenvalue weighted by Crippen LogP contribution is -2.15. The van der Waals surface area contributed by atoms with E-state index in [4.69, 9.17) is 21.1 Å². The fraction of sp³-hybridized carbons (Fsp3) is 0.136. The van der Waals surface area contributed by atoms with E-state index in [9.17, 15) is 4.79 Å². The van der Waals surface area contributed by atoms with Gasteiger partial charge in [-0.1, -0.05) is 41.9 Å². The molecule has 0 unspecified atom stereocenters. The number of carbonyl (C=O) groups is 1. The summed E-state index contributed by atoms with van der Waals surface area (Å²) in [6, 6.07) is 20.7. The molecule has 6 heteroatoms. The molecule has 1 amide bonds. The summed E-state index contributed by atoms with van der Waals surface area (Å²) in [5.74, 6) is 1.40. The number of para-hydroxylation sites is 1. The Hall–Kier alpha value is -2.63. The highest BCUT2D eigenvalue weighted by molar-refractivity contribution is 7.98. The minimum Gasteiger partial charge on any atom is -0.496 e. The van der Waals surface area contributed by atoms with Crippen LogP contribution in [0.3, 0.4) is 0 Å². The summed E-state index contributed by atoms with van der Waals surface area (Å²) < 4.78 is 10.7. The molecule has 0 aromatic heterocycles. The van der Waals surface area contributed by atoms with Gasteiger partial charge in [-0.2, -0.15) is 0 Å². The van der Waals surface area contributed by atoms with Crippen molar-refractivity contribution >= 4 is 35.0 Å². The molecule has 0 saturated heterocycles. The van der Waals surface area contributed by atoms with E-state index in [1.165, 1.54) is 14.2 Å². The molecule has 28 heavy (non-hydrogen) atoms. The topological polar surface area (TPSA) is 47.6 Å². The van der Waals surface area contributed by atoms with Crippen molar-refractivity contribution in [2.75, 3.05) is 19.5 Å². The van der Waals surface area contributed by atoms with Crippen LogP contribution in [-0.2, 0) is 5.75 Å². The van der Waals surface area contributed by atoms with E-state index in [0.717, 1.165) is 21.9 Å². The first-order chi connectivity index (χ1) is 13.6. The van der Waals surface area contributed by atoms with Crippen LogP contribution in [0.1, 0.15) is 15.9 Å². The Bertz CT molecular complexity index is 938. The number of carbonyl (C=O) groups excluding carboxylic acids is 1. The van der Waals surface area contributed by atoms with Gasteiger partial charge in [0.05, 0.1) is 19.9 Å². The van der Waals surface area contributed by atoms with Crippen LogP contribution in [-0.4, -0.2) is 20.1 Å². The number of hydrogen-bond acceptors (Lipinski definition) is 4. The predicted molar refractivity (Wildman–Crippen MR) is 115 cm³/mol. The molecule has 4 nitrogen and oxygen atoms in total. The summed E-state index contributed by atoms with van der Waals surface area (Å²) in [5.41, 5.74) is 2.26. The Morgan fingerprint density at radius 2 is 1.57 bits per heavy atom. The van der Waals surface area contributed by atoms with Crippen molar-refractivity contribution in [1.29, 1.82) is 0 Å². The first kappa shape index (κ1) is 20.1. The van der Waals surface area contributed by atoms with Crippen molar-refractivity contribution in [2.45, 2.75) is 10.6 Å². The number of benzene rings is 3. The maximum absolute atomic E-state index is 12.9. The third-order valence-electron chi connectivity index (χ3n) is 4.10. The Morgan fingerprint density at radius 3 is 2.21 bits per heavy atom. The molecule has 0 atom stereocenters. The molecule has 3 rings (SSSR count). The van der Waals surface area contributed by atoms with E-state index < -0.39 is 0 Å². The van der Waals surface area contributed by atoms with E-state index in [-0.39, 0.29) is 5.91 Å². The molecule has 0 aliphatic carbocycles. The van der Waals surface area contributed by atoms with Gasteiger partial charge in [0.15, 0.2) is 0 Å². The number of nitrogens with one attached hydrogen (secondary N) is 1. The minimum atomic E-state index is -0.283. The number of methoxy groups -OCH3 is 2. The molecule has 0 saturated carbocycles. The van der Waals surface area contributed by atoms with E-state index in [2.05, 4.69) is 5.32 Å². The van der Waals surface area contributed by atoms with Gasteiger partial charge in [0, 0.05) is 15.7 Å². The Morgan fingerprint density at radius 1 is 0.929 bits per heavy atom. The molecule has 3 aromatic carbocycles. The zero-order valence-corrected chi connectivity index (χ0v) is 17.1. The monoisotopic (exact) mass is 413 g/mol. The van der Waals surface area contributed by atoms with Crippen molar-refractivity contribution < 1.29 is 14.3 Å². The standard InChI is InChI=1S/C22H20ClNO3S/c1-26-18-7-5-8-19(27-2)21(18)22(25)24-17-6-3-4-9-20(17)28-14-15-10-12-16(23)13-11-15/h3-13H,14H2,1-2H3,(H,24,25). The van der Waals surface area contributed by atoms with Gasteiger partial charge in [0.1, 0.15) is 17.1 Å². The van der Waals surface area contributed by atoms with Crippen LogP contribution < -0.4 is 14.8 Å². The zero-order chi connectivity index (χ0) is 19.9. The highest BCUT2D eigenvalue weighted by atomic mass is 35.5. The van der Waals surface area contributed by atoms with E-state index in [0.29, 0.717) is 22.1 Å². The molecule has 144 valence electrons. The third kappa shape index (κ3) is 4.80. The van der Waals surface area contributed by atoms with Gasteiger partial charge in [0.25, 0.3) is 5.91 Å². The van der Waals surface area contributed by atoms with Crippen molar-refractivity contribution in [1.82, 2.24) is 0 Å². The van der Waals surface area contributed by atoms with Crippen LogP contribution in [0, 0.1) is 0 Å². The van der Waals surface area contributed by atoms with Crippen molar-refractivity contribution in [2.24, 2.45) is 0 Å². The predicted octanol–water partition coefficient (Wildman–Crippen LogP) is 5.90. The average molecular weight is 414 g/mol. The van der Waals surface area contributed by atoms with E-state index >= 15 is 0 Å². The van der Waals surface area contributed by atoms with Crippen LogP contribution in [0.5, 0.6) is 11.5 Å². The number of anilines is 1. The Labute approximate surface area is 173 Å². The Balaban J connectivity index is 1.80. The van der Waals surface area contributed by atoms with Crippen LogP contribution in [0.15, 0.2) is 71.6 Å². The molecule has 0 aliphatic rings. The van der Waals surface area contributed by atoms with Gasteiger partial charge in [-0.05, 0) is 42.0 Å². The van der Waals surface area contributed by atoms with E-state index in [1.54, 1.807) is 30.0 Å². The molecule has 0 fully saturated rings. The van der Waals surface area contributed by atoms with Crippen molar-refractivity contribution in [3.8, 4) is 11.5 Å². The van der Waals surface area contributed by atoms with Crippen LogP contribution >= 0.6 is 23.4 Å². The fourth-order valence-corrected chi connectivity index (χ4v) is 3.79. The fourth-order valence-electron chi connectivity index (χ4n) is 2.70. The lowest BCUT2D eigenvalue weighted by atomic mass is 10.1. The Kier molecular flexibility index (Phi) is 6.85. The number of amides is 1. The molecule has 0 aliphatic heterocycles. The second kappa shape index (κ2) is 9.53. The first-order valence-corrected chi connectivity index (χ1v) is 9.97. The average Bonchev–Trinajstić information content (AvgIpc) is 2.73. The zero-order valence-electron chi connectivity index (χ0n) is 15.6. The number of hydrogen-bond donors (Lipinski definition) is 1. The summed E-state index contributed by atoms with van der Waals surface area (Å²) in [6.07, 6.45) is 0. The lowest BCUT2D eigenvalue weighted by Gasteiger charge is -2.15. The van der Waals surface area contributed by atoms with Gasteiger partial charge in [-0.25, -0.2) is 0 Å². The second-order valence-electron chi connectivity index (χ2n) is 5.90. The number of halogens is 1. The first-order valence-electron chi connectivity index (χ1n) is 8.61. The van der Waals surface area contributed by atoms with Crippen LogP contribution in [0.2, 0.25) is 5.02 Å². The summed E-state index contributed by atoms with van der Waals surface area (Å²) in [4.78, 5) is 13.9. The minimum absolute atomic E-state index is 0.283. The molecular weight excluding hydrogens is 394 g/mol. The van der Waals surface area contributed by atoms with Gasteiger partial charge in [-0.15, -0.1) is 11.8 Å². The highest BCUT2D eigenvalue weighted by Gasteiger charge is 2.19. The van der Waals surface area contributed by atoms with Crippen molar-refractivity contribution in [3.63, 3.8) is 0 Å². The number of ether oxygens (including phenoxy) is 2. The second-order valence-corrected chi connectivity index (χ2v) is 7.36. The summed E-state index contributed by atoms with van der Waals surface area (Å²) >= 11 is 7.59. The molecular formula is C22H20ClNO3S. The van der Waals surface area contributed by atoms with Gasteiger partial charge < -0.3 is 14.8 Å². The summed E-state index contributed by atoms with van der Waals surface area (Å²) in [5, 5.41) is 3.70. The number of rotatable bonds is 7. The highest BCUT2D eigenvalue weighted by Crippen LogP contribution is 2.33. The lowest BCUT2D eigenvalue weighted by molar-refractivity contribution is 0.102. The van der Waals surface area contributed by atoms with Gasteiger partial charge >= 0.3 is 0 Å². The largest absolute Gasteiger partial charge is 0.496 e.